The number of rotatable bonds is 1. The zero-order chi connectivity index (χ0) is 8.39. The highest BCUT2D eigenvalue weighted by Crippen LogP contribution is 2.30. The first kappa shape index (κ1) is 7.90. The van der Waals surface area contributed by atoms with Crippen LogP contribution in [0.25, 0.3) is 6.08 Å². The highest BCUT2D eigenvalue weighted by atomic mass is 32.2. The average Bonchev–Trinajstić information content (AvgIpc) is 2.17. The average molecular weight is 178 g/mol. The topological polar surface area (TPSA) is 20.2 Å². The summed E-state index contributed by atoms with van der Waals surface area (Å²) in [6.07, 6.45) is 4.23. The van der Waals surface area contributed by atoms with Gasteiger partial charge in [-0.05, 0) is 17.2 Å². The van der Waals surface area contributed by atoms with Crippen molar-refractivity contribution in [3.8, 4) is 0 Å². The monoisotopic (exact) mass is 178 g/mol. The van der Waals surface area contributed by atoms with Crippen molar-refractivity contribution in [2.75, 3.05) is 5.75 Å². The third kappa shape index (κ3) is 1.28. The van der Waals surface area contributed by atoms with Crippen molar-refractivity contribution >= 4 is 17.8 Å². The summed E-state index contributed by atoms with van der Waals surface area (Å²) in [6.45, 7) is 0.133. The molecule has 0 amide bonds. The van der Waals surface area contributed by atoms with Crippen LogP contribution in [0.2, 0.25) is 0 Å². The van der Waals surface area contributed by atoms with E-state index in [0.717, 1.165) is 11.3 Å². The molecule has 12 heavy (non-hydrogen) atoms. The second-order valence-electron chi connectivity index (χ2n) is 2.70. The van der Waals surface area contributed by atoms with E-state index in [9.17, 15) is 0 Å². The largest absolute Gasteiger partial charge is 0.392 e. The van der Waals surface area contributed by atoms with Crippen molar-refractivity contribution in [1.29, 1.82) is 0 Å². The minimum Gasteiger partial charge on any atom is -0.392 e. The molecule has 62 valence electrons. The Morgan fingerprint density at radius 3 is 3.17 bits per heavy atom. The molecule has 2 rings (SSSR count). The number of aliphatic hydroxyl groups is 1. The van der Waals surface area contributed by atoms with Gasteiger partial charge in [0.15, 0.2) is 0 Å². The van der Waals surface area contributed by atoms with Crippen LogP contribution in [-0.2, 0) is 6.61 Å². The molecule has 1 heterocycles. The fourth-order valence-corrected chi connectivity index (χ4v) is 2.25. The number of fused-ring (bicyclic) bond motifs is 1. The Balaban J connectivity index is 2.54. The van der Waals surface area contributed by atoms with Crippen molar-refractivity contribution < 1.29 is 5.11 Å². The molecular weight excluding hydrogens is 168 g/mol. The fraction of sp³-hybridized carbons (Fsp3) is 0.200. The van der Waals surface area contributed by atoms with Crippen molar-refractivity contribution in [2.45, 2.75) is 11.5 Å². The van der Waals surface area contributed by atoms with Gasteiger partial charge in [0, 0.05) is 10.6 Å². The highest BCUT2D eigenvalue weighted by molar-refractivity contribution is 7.99. The molecule has 1 aromatic rings. The fourth-order valence-electron chi connectivity index (χ4n) is 1.35. The molecule has 0 unspecified atom stereocenters. The summed E-state index contributed by atoms with van der Waals surface area (Å²) in [4.78, 5) is 1.28. The van der Waals surface area contributed by atoms with Crippen LogP contribution in [0.3, 0.4) is 0 Å². The summed E-state index contributed by atoms with van der Waals surface area (Å²) in [6, 6.07) is 6.06. The molecule has 0 bridgehead atoms. The Morgan fingerprint density at radius 2 is 2.33 bits per heavy atom. The van der Waals surface area contributed by atoms with E-state index in [-0.39, 0.29) is 6.61 Å². The number of benzene rings is 1. The van der Waals surface area contributed by atoms with Gasteiger partial charge in [-0.15, -0.1) is 11.8 Å². The Kier molecular flexibility index (Phi) is 2.19. The van der Waals surface area contributed by atoms with E-state index >= 15 is 0 Å². The maximum absolute atomic E-state index is 9.05. The second kappa shape index (κ2) is 3.33. The first-order valence-electron chi connectivity index (χ1n) is 3.94. The van der Waals surface area contributed by atoms with Gasteiger partial charge in [-0.2, -0.15) is 0 Å². The van der Waals surface area contributed by atoms with Gasteiger partial charge in [0.1, 0.15) is 0 Å². The second-order valence-corrected chi connectivity index (χ2v) is 3.76. The summed E-state index contributed by atoms with van der Waals surface area (Å²) < 4.78 is 0. The minimum atomic E-state index is 0.133. The summed E-state index contributed by atoms with van der Waals surface area (Å²) in [5.74, 6) is 1.04. The van der Waals surface area contributed by atoms with E-state index in [1.54, 1.807) is 0 Å². The number of hydrogen-bond donors (Lipinski definition) is 1. The Hall–Kier alpha value is -0.730. The van der Waals surface area contributed by atoms with Crippen LogP contribution in [0.4, 0.5) is 0 Å². The molecule has 1 N–H and O–H groups in total. The van der Waals surface area contributed by atoms with Gasteiger partial charge in [0.05, 0.1) is 6.61 Å². The molecule has 1 nitrogen and oxygen atoms in total. The van der Waals surface area contributed by atoms with E-state index in [1.807, 2.05) is 23.9 Å². The zero-order valence-corrected chi connectivity index (χ0v) is 7.47. The zero-order valence-electron chi connectivity index (χ0n) is 6.66. The van der Waals surface area contributed by atoms with Crippen LogP contribution in [-0.4, -0.2) is 10.9 Å². The van der Waals surface area contributed by atoms with E-state index in [0.29, 0.717) is 0 Å². The lowest BCUT2D eigenvalue weighted by Gasteiger charge is -2.12. The van der Waals surface area contributed by atoms with E-state index in [1.165, 1.54) is 10.5 Å². The molecule has 1 aromatic carbocycles. The third-order valence-corrected chi connectivity index (χ3v) is 2.97. The molecule has 0 saturated carbocycles. The first-order chi connectivity index (χ1) is 5.92. The van der Waals surface area contributed by atoms with Crippen molar-refractivity contribution in [1.82, 2.24) is 0 Å². The van der Waals surface area contributed by atoms with Crippen LogP contribution in [0.15, 0.2) is 29.2 Å². The summed E-state index contributed by atoms with van der Waals surface area (Å²) in [5, 5.41) is 9.05. The molecule has 2 heteroatoms. The van der Waals surface area contributed by atoms with Crippen LogP contribution >= 0.6 is 11.8 Å². The number of thioether (sulfide) groups is 1. The lowest BCUT2D eigenvalue weighted by atomic mass is 10.1. The summed E-state index contributed by atoms with van der Waals surface area (Å²) in [7, 11) is 0. The molecule has 0 fully saturated rings. The van der Waals surface area contributed by atoms with Crippen LogP contribution in [0.1, 0.15) is 11.1 Å². The predicted molar refractivity (Wildman–Crippen MR) is 52.1 cm³/mol. The quantitative estimate of drug-likeness (QED) is 0.712. The first-order valence-corrected chi connectivity index (χ1v) is 4.92. The molecule has 0 spiro atoms. The Bertz CT molecular complexity index is 318. The minimum absolute atomic E-state index is 0.133. The Morgan fingerprint density at radius 1 is 1.42 bits per heavy atom. The van der Waals surface area contributed by atoms with Gasteiger partial charge in [-0.3, -0.25) is 0 Å². The molecule has 0 saturated heterocycles. The molecule has 0 aromatic heterocycles. The molecular formula is C10H10OS. The van der Waals surface area contributed by atoms with Crippen molar-refractivity contribution in [3.05, 3.63) is 35.4 Å². The van der Waals surface area contributed by atoms with Gasteiger partial charge in [0.2, 0.25) is 0 Å². The summed E-state index contributed by atoms with van der Waals surface area (Å²) in [5.41, 5.74) is 2.22. The predicted octanol–water partition coefficient (Wildman–Crippen LogP) is 2.30. The molecule has 0 atom stereocenters. The summed E-state index contributed by atoms with van der Waals surface area (Å²) >= 11 is 1.82. The van der Waals surface area contributed by atoms with Crippen molar-refractivity contribution in [2.24, 2.45) is 0 Å². The van der Waals surface area contributed by atoms with Gasteiger partial charge in [-0.25, -0.2) is 0 Å². The molecule has 0 radical (unpaired) electrons. The highest BCUT2D eigenvalue weighted by Gasteiger charge is 2.07. The van der Waals surface area contributed by atoms with E-state index < -0.39 is 0 Å². The normalized spacial score (nSPS) is 14.4. The van der Waals surface area contributed by atoms with E-state index in [4.69, 9.17) is 5.11 Å². The Labute approximate surface area is 76.1 Å². The van der Waals surface area contributed by atoms with Gasteiger partial charge in [-0.1, -0.05) is 24.3 Å². The third-order valence-electron chi connectivity index (χ3n) is 1.95. The van der Waals surface area contributed by atoms with Crippen LogP contribution in [0.5, 0.6) is 0 Å². The van der Waals surface area contributed by atoms with E-state index in [2.05, 4.69) is 18.2 Å². The van der Waals surface area contributed by atoms with Gasteiger partial charge >= 0.3 is 0 Å². The molecule has 1 aliphatic rings. The van der Waals surface area contributed by atoms with Crippen LogP contribution < -0.4 is 0 Å². The maximum atomic E-state index is 9.05. The van der Waals surface area contributed by atoms with Gasteiger partial charge in [0.25, 0.3) is 0 Å². The van der Waals surface area contributed by atoms with Crippen molar-refractivity contribution in [3.63, 3.8) is 0 Å². The number of aliphatic hydroxyl groups excluding tert-OH is 1. The SMILES string of the molecule is OCc1cccc2c1C=CCS2. The lowest BCUT2D eigenvalue weighted by molar-refractivity contribution is 0.281. The molecule has 0 aliphatic carbocycles. The smallest absolute Gasteiger partial charge is 0.0688 e. The maximum Gasteiger partial charge on any atom is 0.0688 e. The number of hydrogen-bond acceptors (Lipinski definition) is 2. The standard InChI is InChI=1S/C10H10OS/c11-7-8-3-1-5-10-9(8)4-2-6-12-10/h1-5,11H,6-7H2. The lowest BCUT2D eigenvalue weighted by Crippen LogP contribution is -1.94. The van der Waals surface area contributed by atoms with Crippen LogP contribution in [0, 0.1) is 0 Å². The molecule has 1 aliphatic heterocycles. The van der Waals surface area contributed by atoms with Gasteiger partial charge < -0.3 is 5.11 Å².